The molecule has 2 N–H and O–H groups in total. The Morgan fingerprint density at radius 1 is 1.26 bits per heavy atom. The lowest BCUT2D eigenvalue weighted by Crippen LogP contribution is -2.24. The second-order valence-electron chi connectivity index (χ2n) is 9.55. The third kappa shape index (κ3) is 3.90. The van der Waals surface area contributed by atoms with Crippen molar-refractivity contribution >= 4 is 34.0 Å². The van der Waals surface area contributed by atoms with Crippen LogP contribution in [0, 0.1) is 0 Å². The molecule has 178 valence electrons. The Hall–Kier alpha value is -3.11. The van der Waals surface area contributed by atoms with E-state index in [-0.39, 0.29) is 11.6 Å². The molecule has 0 fully saturated rings. The van der Waals surface area contributed by atoms with Gasteiger partial charge in [0, 0.05) is 35.3 Å². The van der Waals surface area contributed by atoms with Crippen molar-refractivity contribution in [3.8, 4) is 5.13 Å². The van der Waals surface area contributed by atoms with Crippen LogP contribution in [0.1, 0.15) is 50.6 Å². The molecular weight excluding hydrogens is 453 g/mol. The first-order chi connectivity index (χ1) is 16.3. The van der Waals surface area contributed by atoms with Crippen molar-refractivity contribution in [3.63, 3.8) is 0 Å². The molecule has 1 aliphatic rings. The maximum Gasteiger partial charge on any atom is 0.278 e. The normalized spacial score (nSPS) is 14.1. The molecule has 0 radical (unpaired) electrons. The van der Waals surface area contributed by atoms with Crippen LogP contribution in [-0.2, 0) is 18.4 Å². The lowest BCUT2D eigenvalue weighted by atomic mass is 9.92. The highest BCUT2D eigenvalue weighted by molar-refractivity contribution is 7.12. The molecule has 3 aromatic heterocycles. The number of rotatable bonds is 6. The summed E-state index contributed by atoms with van der Waals surface area (Å²) in [6.45, 7) is 8.80. The molecule has 1 aromatic carbocycles. The van der Waals surface area contributed by atoms with Gasteiger partial charge in [0.2, 0.25) is 11.1 Å². The fourth-order valence-corrected chi connectivity index (χ4v) is 5.15. The minimum Gasteiger partial charge on any atom is -0.324 e. The van der Waals surface area contributed by atoms with Crippen molar-refractivity contribution in [3.05, 3.63) is 57.0 Å². The van der Waals surface area contributed by atoms with Crippen molar-refractivity contribution in [1.29, 1.82) is 0 Å². The molecule has 0 amide bonds. The first kappa shape index (κ1) is 22.7. The van der Waals surface area contributed by atoms with Crippen LogP contribution in [0.4, 0.5) is 16.0 Å². The van der Waals surface area contributed by atoms with Gasteiger partial charge < -0.3 is 10.6 Å². The van der Waals surface area contributed by atoms with E-state index in [4.69, 9.17) is 4.98 Å². The van der Waals surface area contributed by atoms with Crippen LogP contribution in [0.25, 0.3) is 16.2 Å². The Balaban J connectivity index is 1.60. The second kappa shape index (κ2) is 8.59. The van der Waals surface area contributed by atoms with Gasteiger partial charge in [0.15, 0.2) is 5.65 Å². The molecule has 0 unspecified atom stereocenters. The SMILES string of the molecule is CC(C)n1c(=O)c2cnc(Nc3ccc4c(c3)CNCC4)nc2n1-c1nc(C(C)(C)CF)cs1. The zero-order valence-corrected chi connectivity index (χ0v) is 20.5. The van der Waals surface area contributed by atoms with E-state index in [9.17, 15) is 9.18 Å². The van der Waals surface area contributed by atoms with E-state index in [1.165, 1.54) is 22.5 Å². The number of anilines is 2. The summed E-state index contributed by atoms with van der Waals surface area (Å²) >= 11 is 1.37. The predicted molar refractivity (Wildman–Crippen MR) is 133 cm³/mol. The minimum absolute atomic E-state index is 0.132. The molecule has 0 saturated carbocycles. The molecule has 0 aliphatic carbocycles. The van der Waals surface area contributed by atoms with Crippen molar-refractivity contribution in [2.75, 3.05) is 18.5 Å². The average molecular weight is 482 g/mol. The standard InChI is InChI=1S/C24H28FN7OS/c1-14(2)31-21(33)18-11-27-22(28-17-6-5-15-7-8-26-10-16(15)9-17)30-20(18)32(31)23-29-19(12-34-23)24(3,4)13-25/h5-6,9,11-12,14,26H,7-8,10,13H2,1-4H3,(H,27,28,30). The molecule has 0 bridgehead atoms. The highest BCUT2D eigenvalue weighted by Gasteiger charge is 2.26. The molecule has 34 heavy (non-hydrogen) atoms. The number of aromatic nitrogens is 5. The number of thiazole rings is 1. The third-order valence-corrected chi connectivity index (χ3v) is 6.98. The molecule has 0 atom stereocenters. The van der Waals surface area contributed by atoms with Crippen LogP contribution in [0.2, 0.25) is 0 Å². The third-order valence-electron chi connectivity index (χ3n) is 6.16. The van der Waals surface area contributed by atoms with Crippen LogP contribution in [-0.4, -0.2) is 37.5 Å². The van der Waals surface area contributed by atoms with Gasteiger partial charge in [0.25, 0.3) is 5.56 Å². The fourth-order valence-electron chi connectivity index (χ4n) is 4.14. The zero-order valence-electron chi connectivity index (χ0n) is 19.7. The van der Waals surface area contributed by atoms with Crippen molar-refractivity contribution in [2.24, 2.45) is 0 Å². The highest BCUT2D eigenvalue weighted by Crippen LogP contribution is 2.29. The summed E-state index contributed by atoms with van der Waals surface area (Å²) < 4.78 is 16.9. The number of halogens is 1. The molecule has 0 saturated heterocycles. The van der Waals surface area contributed by atoms with E-state index in [2.05, 4.69) is 32.7 Å². The summed E-state index contributed by atoms with van der Waals surface area (Å²) in [6, 6.07) is 6.13. The van der Waals surface area contributed by atoms with Gasteiger partial charge in [-0.3, -0.25) is 9.18 Å². The van der Waals surface area contributed by atoms with Crippen molar-refractivity contribution in [2.45, 2.75) is 52.1 Å². The van der Waals surface area contributed by atoms with E-state index in [0.29, 0.717) is 27.8 Å². The molecule has 8 nitrogen and oxygen atoms in total. The van der Waals surface area contributed by atoms with Crippen LogP contribution in [0.15, 0.2) is 34.6 Å². The summed E-state index contributed by atoms with van der Waals surface area (Å²) in [7, 11) is 0. The van der Waals surface area contributed by atoms with E-state index in [1.807, 2.05) is 39.1 Å². The Morgan fingerprint density at radius 3 is 2.85 bits per heavy atom. The summed E-state index contributed by atoms with van der Waals surface area (Å²) in [6.07, 6.45) is 2.57. The van der Waals surface area contributed by atoms with Gasteiger partial charge in [0.05, 0.1) is 5.69 Å². The number of nitrogens with zero attached hydrogens (tertiary/aromatic N) is 5. The topological polar surface area (TPSA) is 89.7 Å². The smallest absolute Gasteiger partial charge is 0.278 e. The largest absolute Gasteiger partial charge is 0.324 e. The lowest BCUT2D eigenvalue weighted by Gasteiger charge is -2.18. The van der Waals surface area contributed by atoms with E-state index in [1.54, 1.807) is 15.6 Å². The maximum absolute atomic E-state index is 13.6. The molecule has 10 heteroatoms. The first-order valence-electron chi connectivity index (χ1n) is 11.4. The van der Waals surface area contributed by atoms with E-state index in [0.717, 1.165) is 25.2 Å². The summed E-state index contributed by atoms with van der Waals surface area (Å²) in [5.41, 5.74) is 3.72. The number of nitrogens with one attached hydrogen (secondary N) is 2. The second-order valence-corrected chi connectivity index (χ2v) is 10.4. The van der Waals surface area contributed by atoms with Crippen LogP contribution in [0.5, 0.6) is 0 Å². The zero-order chi connectivity index (χ0) is 24.0. The van der Waals surface area contributed by atoms with Crippen molar-refractivity contribution < 1.29 is 4.39 Å². The number of hydrogen-bond donors (Lipinski definition) is 2. The monoisotopic (exact) mass is 481 g/mol. The first-order valence-corrected chi connectivity index (χ1v) is 12.3. The van der Waals surface area contributed by atoms with Gasteiger partial charge in [-0.15, -0.1) is 11.3 Å². The van der Waals surface area contributed by atoms with Gasteiger partial charge >= 0.3 is 0 Å². The minimum atomic E-state index is -0.705. The molecule has 0 spiro atoms. The van der Waals surface area contributed by atoms with Gasteiger partial charge in [-0.25, -0.2) is 19.3 Å². The Bertz CT molecular complexity index is 1420. The van der Waals surface area contributed by atoms with Gasteiger partial charge in [-0.05, 0) is 50.1 Å². The molecule has 4 heterocycles. The van der Waals surface area contributed by atoms with Gasteiger partial charge in [0.1, 0.15) is 12.1 Å². The van der Waals surface area contributed by atoms with Gasteiger partial charge in [-0.2, -0.15) is 4.98 Å². The summed E-state index contributed by atoms with van der Waals surface area (Å²) in [5, 5.41) is 9.50. The van der Waals surface area contributed by atoms with Crippen LogP contribution in [0.3, 0.4) is 0 Å². The quantitative estimate of drug-likeness (QED) is 0.428. The molecule has 4 aromatic rings. The molecular formula is C24H28FN7OS. The Kier molecular flexibility index (Phi) is 5.73. The van der Waals surface area contributed by atoms with Gasteiger partial charge in [-0.1, -0.05) is 19.9 Å². The summed E-state index contributed by atoms with van der Waals surface area (Å²) in [4.78, 5) is 27.0. The van der Waals surface area contributed by atoms with Crippen LogP contribution < -0.4 is 16.2 Å². The molecule has 5 rings (SSSR count). The average Bonchev–Trinajstić information content (AvgIpc) is 3.42. The number of hydrogen-bond acceptors (Lipinski definition) is 7. The highest BCUT2D eigenvalue weighted by atomic mass is 32.1. The Morgan fingerprint density at radius 2 is 2.09 bits per heavy atom. The lowest BCUT2D eigenvalue weighted by molar-refractivity contribution is 0.345. The Labute approximate surface area is 200 Å². The number of alkyl halides is 1. The van der Waals surface area contributed by atoms with E-state index >= 15 is 0 Å². The fraction of sp³-hybridized carbons (Fsp3) is 0.417. The number of fused-ring (bicyclic) bond motifs is 2. The maximum atomic E-state index is 13.6. The number of benzene rings is 1. The van der Waals surface area contributed by atoms with Crippen molar-refractivity contribution in [1.82, 2.24) is 29.6 Å². The van der Waals surface area contributed by atoms with Crippen LogP contribution >= 0.6 is 11.3 Å². The summed E-state index contributed by atoms with van der Waals surface area (Å²) in [5.74, 6) is 0.395. The molecule has 1 aliphatic heterocycles. The predicted octanol–water partition coefficient (Wildman–Crippen LogP) is 4.26. The van der Waals surface area contributed by atoms with E-state index < -0.39 is 12.1 Å².